The van der Waals surface area contributed by atoms with Crippen molar-refractivity contribution in [3.63, 3.8) is 0 Å². The van der Waals surface area contributed by atoms with Crippen molar-refractivity contribution in [1.82, 2.24) is 0 Å². The van der Waals surface area contributed by atoms with E-state index in [1.165, 1.54) is 113 Å². The first kappa shape index (κ1) is 29.4. The summed E-state index contributed by atoms with van der Waals surface area (Å²) in [6, 6.07) is 0. The van der Waals surface area contributed by atoms with Gasteiger partial charge in [0, 0.05) is 15.8 Å². The zero-order chi connectivity index (χ0) is 21.8. The molecular weight excluding hydrogens is 508 g/mol. The van der Waals surface area contributed by atoms with Crippen LogP contribution in [-0.4, -0.2) is 25.7 Å². The summed E-state index contributed by atoms with van der Waals surface area (Å²) in [4.78, 5) is 11.2. The molecule has 0 unspecified atom stereocenters. The van der Waals surface area contributed by atoms with Crippen molar-refractivity contribution in [3.05, 3.63) is 12.2 Å². The molecule has 0 aromatic heterocycles. The number of carbonyl (C=O) groups excluding carboxylic acids is 1. The van der Waals surface area contributed by atoms with Crippen LogP contribution < -0.4 is 0 Å². The lowest BCUT2D eigenvalue weighted by atomic mass is 10.0. The molecule has 0 aromatic carbocycles. The van der Waals surface area contributed by atoms with E-state index in [0.717, 1.165) is 12.8 Å². The van der Waals surface area contributed by atoms with Crippen LogP contribution in [-0.2, 0) is 9.53 Å². The van der Waals surface area contributed by atoms with Crippen molar-refractivity contribution in [2.24, 2.45) is 0 Å². The molecule has 0 amide bonds. The van der Waals surface area contributed by atoms with Gasteiger partial charge in [-0.3, -0.25) is 0 Å². The largest absolute Gasteiger partial charge is 0.462 e. The standard InChI is InChI=1S/C24H46Br2O2Si/c1-22(2)23(27)28-21-19-17-15-13-11-9-7-5-3-4-6-8-10-12-14-16-18-20-24(25,26)29/h1,3-21H2,2,29H3. The Bertz CT molecular complexity index is 408. The van der Waals surface area contributed by atoms with E-state index in [9.17, 15) is 4.79 Å². The van der Waals surface area contributed by atoms with E-state index in [1.807, 2.05) is 0 Å². The Balaban J connectivity index is 3.10. The normalized spacial score (nSPS) is 11.7. The zero-order valence-corrected chi connectivity index (χ0v) is 24.4. The average Bonchev–Trinajstić information content (AvgIpc) is 2.65. The first-order chi connectivity index (χ1) is 13.8. The Kier molecular flexibility index (Phi) is 20.6. The van der Waals surface area contributed by atoms with Crippen molar-refractivity contribution < 1.29 is 9.53 Å². The molecular formula is C24H46Br2O2Si. The Morgan fingerprint density at radius 1 is 0.724 bits per heavy atom. The third-order valence-electron chi connectivity index (χ3n) is 5.34. The lowest BCUT2D eigenvalue weighted by Crippen LogP contribution is -2.09. The third-order valence-corrected chi connectivity index (χ3v) is 6.63. The first-order valence-electron chi connectivity index (χ1n) is 12.0. The topological polar surface area (TPSA) is 26.3 Å². The van der Waals surface area contributed by atoms with Gasteiger partial charge < -0.3 is 4.74 Å². The minimum atomic E-state index is -0.255. The van der Waals surface area contributed by atoms with Gasteiger partial charge in [-0.05, 0) is 19.8 Å². The van der Waals surface area contributed by atoms with E-state index in [0.29, 0.717) is 12.2 Å². The van der Waals surface area contributed by atoms with Gasteiger partial charge in [0.15, 0.2) is 0 Å². The molecule has 0 aliphatic rings. The maximum Gasteiger partial charge on any atom is 0.333 e. The molecule has 0 atom stereocenters. The smallest absolute Gasteiger partial charge is 0.333 e. The van der Waals surface area contributed by atoms with E-state index in [1.54, 1.807) is 6.92 Å². The predicted molar refractivity (Wildman–Crippen MR) is 139 cm³/mol. The summed E-state index contributed by atoms with van der Waals surface area (Å²) < 4.78 is 5.38. The maximum atomic E-state index is 11.2. The number of ether oxygens (including phenoxy) is 1. The van der Waals surface area contributed by atoms with E-state index >= 15 is 0 Å². The van der Waals surface area contributed by atoms with E-state index < -0.39 is 0 Å². The fourth-order valence-corrected chi connectivity index (χ4v) is 4.39. The van der Waals surface area contributed by atoms with Crippen LogP contribution in [0.4, 0.5) is 0 Å². The molecule has 0 rings (SSSR count). The van der Waals surface area contributed by atoms with Crippen molar-refractivity contribution >= 4 is 48.1 Å². The number of carbonyl (C=O) groups is 1. The molecule has 0 bridgehead atoms. The van der Waals surface area contributed by atoms with E-state index in [-0.39, 0.29) is 8.83 Å². The molecule has 0 radical (unpaired) electrons. The Morgan fingerprint density at radius 3 is 1.34 bits per heavy atom. The number of alkyl halides is 2. The summed E-state index contributed by atoms with van der Waals surface area (Å²) in [5, 5.41) is 0. The highest BCUT2D eigenvalue weighted by Gasteiger charge is 2.13. The second-order valence-corrected chi connectivity index (χ2v) is 17.9. The second-order valence-electron chi connectivity index (χ2n) is 8.75. The second kappa shape index (κ2) is 20.3. The number of hydrogen-bond donors (Lipinski definition) is 0. The van der Waals surface area contributed by atoms with Crippen LogP contribution in [0.2, 0.25) is 0 Å². The molecule has 5 heteroatoms. The average molecular weight is 555 g/mol. The van der Waals surface area contributed by atoms with Gasteiger partial charge in [0.2, 0.25) is 0 Å². The highest BCUT2D eigenvalue weighted by Crippen LogP contribution is 2.28. The number of halogens is 2. The van der Waals surface area contributed by atoms with E-state index in [4.69, 9.17) is 4.74 Å². The predicted octanol–water partition coefficient (Wildman–Crippen LogP) is 7.94. The Morgan fingerprint density at radius 2 is 1.03 bits per heavy atom. The minimum absolute atomic E-state index is 0.255. The first-order valence-corrected chi connectivity index (χ1v) is 14.6. The van der Waals surface area contributed by atoms with Gasteiger partial charge in [-0.15, -0.1) is 0 Å². The molecule has 0 aromatic rings. The van der Waals surface area contributed by atoms with Crippen LogP contribution in [0.3, 0.4) is 0 Å². The molecule has 2 nitrogen and oxygen atoms in total. The number of rotatable bonds is 21. The fraction of sp³-hybridized carbons (Fsp3) is 0.875. The van der Waals surface area contributed by atoms with Crippen molar-refractivity contribution in [2.45, 2.75) is 125 Å². The summed E-state index contributed by atoms with van der Waals surface area (Å²) in [5.41, 5.74) is 0.491. The van der Waals surface area contributed by atoms with Gasteiger partial charge in [-0.2, -0.15) is 0 Å². The van der Waals surface area contributed by atoms with Crippen LogP contribution in [0.15, 0.2) is 12.2 Å². The van der Waals surface area contributed by atoms with Crippen LogP contribution >= 0.6 is 31.9 Å². The van der Waals surface area contributed by atoms with Gasteiger partial charge in [0.1, 0.15) is 0 Å². The van der Waals surface area contributed by atoms with Crippen LogP contribution in [0.25, 0.3) is 0 Å². The minimum Gasteiger partial charge on any atom is -0.462 e. The van der Waals surface area contributed by atoms with Gasteiger partial charge in [0.05, 0.1) is 9.46 Å². The quantitative estimate of drug-likeness (QED) is 0.0474. The molecule has 0 spiro atoms. The highest BCUT2D eigenvalue weighted by molar-refractivity contribution is 9.26. The summed E-state index contributed by atoms with van der Waals surface area (Å²) in [6.07, 6.45) is 24.3. The molecule has 0 saturated carbocycles. The highest BCUT2D eigenvalue weighted by atomic mass is 79.9. The van der Waals surface area contributed by atoms with Crippen LogP contribution in [0.5, 0.6) is 0 Å². The van der Waals surface area contributed by atoms with Gasteiger partial charge in [0.25, 0.3) is 0 Å². The molecule has 0 aliphatic carbocycles. The molecule has 0 fully saturated rings. The summed E-state index contributed by atoms with van der Waals surface area (Å²) in [7, 11) is 1.17. The molecule has 29 heavy (non-hydrogen) atoms. The number of unbranched alkanes of at least 4 members (excludes halogenated alkanes) is 16. The van der Waals surface area contributed by atoms with Gasteiger partial charge in [-0.1, -0.05) is 141 Å². The zero-order valence-electron chi connectivity index (χ0n) is 19.2. The third kappa shape index (κ3) is 24.5. The lowest BCUT2D eigenvalue weighted by Gasteiger charge is -2.13. The summed E-state index contributed by atoms with van der Waals surface area (Å²) in [6.45, 7) is 5.82. The molecule has 0 N–H and O–H groups in total. The SMILES string of the molecule is C=C(C)C(=O)OCCCCCCCCCCCCCCCCCCCC([SiH3])(Br)Br. The van der Waals surface area contributed by atoms with Crippen LogP contribution in [0, 0.1) is 0 Å². The van der Waals surface area contributed by atoms with Crippen molar-refractivity contribution in [2.75, 3.05) is 6.61 Å². The van der Waals surface area contributed by atoms with Gasteiger partial charge >= 0.3 is 5.97 Å². The Hall–Kier alpha value is 0.387. The van der Waals surface area contributed by atoms with Crippen LogP contribution in [0.1, 0.15) is 122 Å². The number of hydrogen-bond acceptors (Lipinski definition) is 2. The molecule has 0 heterocycles. The Labute approximate surface area is 201 Å². The summed E-state index contributed by atoms with van der Waals surface area (Å²) in [5.74, 6) is -0.255. The fourth-order valence-electron chi connectivity index (χ4n) is 3.48. The van der Waals surface area contributed by atoms with Crippen molar-refractivity contribution in [3.8, 4) is 0 Å². The molecule has 0 aliphatic heterocycles. The molecule has 172 valence electrons. The number of esters is 1. The lowest BCUT2D eigenvalue weighted by molar-refractivity contribution is -0.139. The van der Waals surface area contributed by atoms with E-state index in [2.05, 4.69) is 38.4 Å². The molecule has 0 saturated heterocycles. The maximum absolute atomic E-state index is 11.2. The summed E-state index contributed by atoms with van der Waals surface area (Å²) >= 11 is 7.40. The monoisotopic (exact) mass is 552 g/mol. The van der Waals surface area contributed by atoms with Gasteiger partial charge in [-0.25, -0.2) is 4.79 Å². The van der Waals surface area contributed by atoms with Crippen molar-refractivity contribution in [1.29, 1.82) is 0 Å².